The average Bonchev–Trinajstić information content (AvgIpc) is 2.45. The smallest absolute Gasteiger partial charge is 0.243 e. The molecule has 2 aliphatic rings. The topological polar surface area (TPSA) is 49.4 Å². The predicted octanol–water partition coefficient (Wildman–Crippen LogP) is 2.56. The van der Waals surface area contributed by atoms with E-state index in [0.29, 0.717) is 28.5 Å². The standard InChI is InChI=1S/C15H22N2O2S2/c1-11-9-17(10-12(2)20-11)21(18,19)14-6-5-13-4-3-7-16-15(13)8-14/h5-6,8,11-12,16H,3-4,7,9-10H2,1-2H3. The molecule has 0 radical (unpaired) electrons. The first-order chi connectivity index (χ1) is 9.96. The van der Waals surface area contributed by atoms with Crippen LogP contribution in [0.1, 0.15) is 25.8 Å². The van der Waals surface area contributed by atoms with Crippen LogP contribution in [0.5, 0.6) is 0 Å². The van der Waals surface area contributed by atoms with Crippen molar-refractivity contribution >= 4 is 27.5 Å². The number of aryl methyl sites for hydroxylation is 1. The highest BCUT2D eigenvalue weighted by atomic mass is 32.2. The van der Waals surface area contributed by atoms with Crippen LogP contribution in [0.4, 0.5) is 5.69 Å². The lowest BCUT2D eigenvalue weighted by Gasteiger charge is -2.33. The van der Waals surface area contributed by atoms with E-state index in [2.05, 4.69) is 19.2 Å². The van der Waals surface area contributed by atoms with Gasteiger partial charge in [0, 0.05) is 35.8 Å². The lowest BCUT2D eigenvalue weighted by atomic mass is 10.0. The van der Waals surface area contributed by atoms with E-state index in [9.17, 15) is 8.42 Å². The third-order valence-corrected chi connectivity index (χ3v) is 7.10. The van der Waals surface area contributed by atoms with Gasteiger partial charge in [-0.15, -0.1) is 0 Å². The van der Waals surface area contributed by atoms with E-state index >= 15 is 0 Å². The maximum absolute atomic E-state index is 12.9. The summed E-state index contributed by atoms with van der Waals surface area (Å²) in [6.45, 7) is 6.31. The van der Waals surface area contributed by atoms with Crippen LogP contribution in [0.15, 0.2) is 23.1 Å². The summed E-state index contributed by atoms with van der Waals surface area (Å²) in [6.07, 6.45) is 2.13. The molecule has 1 aromatic carbocycles. The minimum atomic E-state index is -3.38. The molecule has 4 nitrogen and oxygen atoms in total. The van der Waals surface area contributed by atoms with E-state index < -0.39 is 10.0 Å². The number of benzene rings is 1. The van der Waals surface area contributed by atoms with E-state index in [1.54, 1.807) is 16.4 Å². The van der Waals surface area contributed by atoms with Crippen molar-refractivity contribution in [2.45, 2.75) is 42.1 Å². The van der Waals surface area contributed by atoms with E-state index in [0.717, 1.165) is 25.1 Å². The minimum Gasteiger partial charge on any atom is -0.385 e. The van der Waals surface area contributed by atoms with Gasteiger partial charge in [-0.1, -0.05) is 19.9 Å². The molecule has 21 heavy (non-hydrogen) atoms. The van der Waals surface area contributed by atoms with Crippen LogP contribution < -0.4 is 5.32 Å². The third-order valence-electron chi connectivity index (χ3n) is 4.04. The first-order valence-corrected chi connectivity index (χ1v) is 9.87. The average molecular weight is 326 g/mol. The molecule has 2 aliphatic heterocycles. The molecule has 1 saturated heterocycles. The Kier molecular flexibility index (Phi) is 4.21. The first kappa shape index (κ1) is 15.2. The number of nitrogens with one attached hydrogen (secondary N) is 1. The van der Waals surface area contributed by atoms with Crippen molar-refractivity contribution in [2.75, 3.05) is 25.0 Å². The van der Waals surface area contributed by atoms with E-state index in [1.807, 2.05) is 17.8 Å². The van der Waals surface area contributed by atoms with Crippen LogP contribution in [0.3, 0.4) is 0 Å². The van der Waals surface area contributed by atoms with Crippen molar-refractivity contribution < 1.29 is 8.42 Å². The molecule has 116 valence electrons. The van der Waals surface area contributed by atoms with Crippen molar-refractivity contribution in [3.8, 4) is 0 Å². The van der Waals surface area contributed by atoms with Gasteiger partial charge < -0.3 is 5.32 Å². The summed E-state index contributed by atoms with van der Waals surface area (Å²) in [5.74, 6) is 0. The molecule has 0 spiro atoms. The van der Waals surface area contributed by atoms with E-state index in [1.165, 1.54) is 5.56 Å². The van der Waals surface area contributed by atoms with Gasteiger partial charge in [-0.25, -0.2) is 8.42 Å². The highest BCUT2D eigenvalue weighted by Gasteiger charge is 2.32. The summed E-state index contributed by atoms with van der Waals surface area (Å²) < 4.78 is 27.3. The zero-order valence-corrected chi connectivity index (χ0v) is 14.1. The molecule has 1 fully saturated rings. The number of hydrogen-bond donors (Lipinski definition) is 1. The predicted molar refractivity (Wildman–Crippen MR) is 88.5 cm³/mol. The van der Waals surface area contributed by atoms with Crippen molar-refractivity contribution in [1.82, 2.24) is 4.31 Å². The van der Waals surface area contributed by atoms with Gasteiger partial charge >= 0.3 is 0 Å². The summed E-state index contributed by atoms with van der Waals surface area (Å²) in [6, 6.07) is 5.53. The third kappa shape index (κ3) is 3.07. The van der Waals surface area contributed by atoms with Crippen LogP contribution in [0.25, 0.3) is 0 Å². The lowest BCUT2D eigenvalue weighted by Crippen LogP contribution is -2.43. The number of rotatable bonds is 2. The monoisotopic (exact) mass is 326 g/mol. The number of sulfonamides is 1. The molecular weight excluding hydrogens is 304 g/mol. The molecule has 0 aromatic heterocycles. The number of hydrogen-bond acceptors (Lipinski definition) is 4. The Labute approximate surface area is 131 Å². The largest absolute Gasteiger partial charge is 0.385 e. The number of anilines is 1. The van der Waals surface area contributed by atoms with Crippen molar-refractivity contribution in [2.24, 2.45) is 0 Å². The van der Waals surface area contributed by atoms with Gasteiger partial charge in [-0.05, 0) is 30.5 Å². The van der Waals surface area contributed by atoms with Crippen LogP contribution in [-0.4, -0.2) is 42.9 Å². The Hall–Kier alpha value is -0.720. The Morgan fingerprint density at radius 3 is 2.67 bits per heavy atom. The zero-order valence-electron chi connectivity index (χ0n) is 12.5. The van der Waals surface area contributed by atoms with Crippen LogP contribution >= 0.6 is 11.8 Å². The Balaban J connectivity index is 1.91. The second-order valence-corrected chi connectivity index (χ2v) is 9.75. The fourth-order valence-electron chi connectivity index (χ4n) is 3.08. The summed E-state index contributed by atoms with van der Waals surface area (Å²) >= 11 is 1.86. The minimum absolute atomic E-state index is 0.347. The normalized spacial score (nSPS) is 27.0. The highest BCUT2D eigenvalue weighted by molar-refractivity contribution is 8.00. The summed E-state index contributed by atoms with van der Waals surface area (Å²) in [5, 5.41) is 4.00. The molecule has 2 atom stereocenters. The molecule has 0 saturated carbocycles. The molecule has 0 amide bonds. The highest BCUT2D eigenvalue weighted by Crippen LogP contribution is 2.31. The first-order valence-electron chi connectivity index (χ1n) is 7.49. The van der Waals surface area contributed by atoms with Crippen molar-refractivity contribution in [3.05, 3.63) is 23.8 Å². The maximum atomic E-state index is 12.9. The fourth-order valence-corrected chi connectivity index (χ4v) is 6.24. The van der Waals surface area contributed by atoms with E-state index in [-0.39, 0.29) is 0 Å². The molecule has 3 rings (SSSR count). The fraction of sp³-hybridized carbons (Fsp3) is 0.600. The zero-order chi connectivity index (χ0) is 15.0. The summed E-state index contributed by atoms with van der Waals surface area (Å²) in [4.78, 5) is 0.418. The molecule has 0 aliphatic carbocycles. The molecule has 6 heteroatoms. The van der Waals surface area contributed by atoms with Crippen LogP contribution in [0, 0.1) is 0 Å². The van der Waals surface area contributed by atoms with Gasteiger partial charge in [-0.2, -0.15) is 16.1 Å². The molecule has 0 bridgehead atoms. The SMILES string of the molecule is CC1CN(S(=O)(=O)c2ccc3c(c2)NCCC3)CC(C)S1. The van der Waals surface area contributed by atoms with Gasteiger partial charge in [0.05, 0.1) is 4.90 Å². The van der Waals surface area contributed by atoms with Crippen LogP contribution in [0.2, 0.25) is 0 Å². The Morgan fingerprint density at radius 2 is 1.95 bits per heavy atom. The van der Waals surface area contributed by atoms with E-state index in [4.69, 9.17) is 0 Å². The van der Waals surface area contributed by atoms with Gasteiger partial charge in [-0.3, -0.25) is 0 Å². The number of fused-ring (bicyclic) bond motifs is 1. The second-order valence-electron chi connectivity index (χ2n) is 5.93. The number of thioether (sulfide) groups is 1. The molecule has 1 N–H and O–H groups in total. The van der Waals surface area contributed by atoms with Crippen LogP contribution in [-0.2, 0) is 16.4 Å². The van der Waals surface area contributed by atoms with Gasteiger partial charge in [0.15, 0.2) is 0 Å². The molecule has 1 aromatic rings. The summed E-state index contributed by atoms with van der Waals surface area (Å²) in [5.41, 5.74) is 2.20. The quantitative estimate of drug-likeness (QED) is 0.907. The maximum Gasteiger partial charge on any atom is 0.243 e. The Bertz CT molecular complexity index is 621. The lowest BCUT2D eigenvalue weighted by molar-refractivity contribution is 0.405. The van der Waals surface area contributed by atoms with Crippen molar-refractivity contribution in [3.63, 3.8) is 0 Å². The molecule has 2 heterocycles. The van der Waals surface area contributed by atoms with Gasteiger partial charge in [0.25, 0.3) is 0 Å². The molecule has 2 unspecified atom stereocenters. The number of nitrogens with zero attached hydrogens (tertiary/aromatic N) is 1. The van der Waals surface area contributed by atoms with Gasteiger partial charge in [0.2, 0.25) is 10.0 Å². The molecular formula is C15H22N2O2S2. The Morgan fingerprint density at radius 1 is 1.24 bits per heavy atom. The van der Waals surface area contributed by atoms with Crippen molar-refractivity contribution in [1.29, 1.82) is 0 Å². The summed E-state index contributed by atoms with van der Waals surface area (Å²) in [7, 11) is -3.38. The second kappa shape index (κ2) is 5.82. The van der Waals surface area contributed by atoms with Gasteiger partial charge in [0.1, 0.15) is 0 Å².